The monoisotopic (exact) mass is 339 g/mol. The Labute approximate surface area is 143 Å². The van der Waals surface area contributed by atoms with E-state index in [2.05, 4.69) is 6.58 Å². The lowest BCUT2D eigenvalue weighted by Crippen LogP contribution is -2.11. The maximum Gasteiger partial charge on any atom is 0.268 e. The Balaban J connectivity index is 2.11. The largest absolute Gasteiger partial charge is 0.268 e. The van der Waals surface area contributed by atoms with E-state index >= 15 is 0 Å². The molecule has 0 aliphatic rings. The molecule has 2 aromatic carbocycles. The third-order valence-corrected chi connectivity index (χ3v) is 5.88. The molecule has 1 aromatic heterocycles. The number of rotatable bonds is 6. The summed E-state index contributed by atoms with van der Waals surface area (Å²) in [4.78, 5) is 0.312. The van der Waals surface area contributed by atoms with Crippen LogP contribution in [0.3, 0.4) is 0 Å². The highest BCUT2D eigenvalue weighted by Gasteiger charge is 2.20. The molecule has 0 bridgehead atoms. The molecule has 0 atom stereocenters. The summed E-state index contributed by atoms with van der Waals surface area (Å²) in [6, 6.07) is 14.6. The summed E-state index contributed by atoms with van der Waals surface area (Å²) in [6.07, 6.45) is 6.38. The van der Waals surface area contributed by atoms with Crippen molar-refractivity contribution >= 4 is 20.9 Å². The van der Waals surface area contributed by atoms with E-state index in [0.29, 0.717) is 4.90 Å². The van der Waals surface area contributed by atoms with Crippen LogP contribution in [0, 0.1) is 6.92 Å². The van der Waals surface area contributed by atoms with Gasteiger partial charge in [0.2, 0.25) is 0 Å². The van der Waals surface area contributed by atoms with Gasteiger partial charge in [-0.25, -0.2) is 12.4 Å². The van der Waals surface area contributed by atoms with Gasteiger partial charge in [0, 0.05) is 11.6 Å². The minimum Gasteiger partial charge on any atom is -0.241 e. The minimum atomic E-state index is -3.60. The Kier molecular flexibility index (Phi) is 4.58. The second-order valence-electron chi connectivity index (χ2n) is 5.97. The first-order chi connectivity index (χ1) is 11.5. The molecule has 3 rings (SSSR count). The second-order valence-corrected chi connectivity index (χ2v) is 7.78. The smallest absolute Gasteiger partial charge is 0.241 e. The van der Waals surface area contributed by atoms with Crippen molar-refractivity contribution in [3.8, 4) is 0 Å². The summed E-state index contributed by atoms with van der Waals surface area (Å²) in [7, 11) is -3.60. The average molecular weight is 339 g/mol. The highest BCUT2D eigenvalue weighted by molar-refractivity contribution is 7.90. The summed E-state index contributed by atoms with van der Waals surface area (Å²) in [5.41, 5.74) is 2.83. The first-order valence-electron chi connectivity index (χ1n) is 8.06. The molecular weight excluding hydrogens is 318 g/mol. The first-order valence-corrected chi connectivity index (χ1v) is 9.50. The molecule has 3 aromatic rings. The molecule has 124 valence electrons. The quantitative estimate of drug-likeness (QED) is 0.482. The van der Waals surface area contributed by atoms with Gasteiger partial charge in [-0.3, -0.25) is 0 Å². The van der Waals surface area contributed by atoms with Gasteiger partial charge in [-0.15, -0.1) is 6.58 Å². The van der Waals surface area contributed by atoms with Crippen LogP contribution < -0.4 is 0 Å². The Morgan fingerprint density at radius 2 is 1.79 bits per heavy atom. The number of para-hydroxylation sites is 1. The van der Waals surface area contributed by atoms with Gasteiger partial charge in [-0.05, 0) is 49.9 Å². The number of benzene rings is 2. The predicted molar refractivity (Wildman–Crippen MR) is 98.8 cm³/mol. The van der Waals surface area contributed by atoms with Crippen LogP contribution in [0.4, 0.5) is 0 Å². The molecular formula is C20H21NO2S. The number of hydrogen-bond acceptors (Lipinski definition) is 2. The molecule has 0 radical (unpaired) electrons. The summed E-state index contributed by atoms with van der Waals surface area (Å²) < 4.78 is 27.5. The van der Waals surface area contributed by atoms with Crippen LogP contribution in [-0.4, -0.2) is 12.4 Å². The highest BCUT2D eigenvalue weighted by atomic mass is 32.2. The number of aryl methyl sites for hydroxylation is 2. The van der Waals surface area contributed by atoms with Gasteiger partial charge in [-0.2, -0.15) is 0 Å². The van der Waals surface area contributed by atoms with E-state index in [1.807, 2.05) is 49.4 Å². The summed E-state index contributed by atoms with van der Waals surface area (Å²) >= 11 is 0. The van der Waals surface area contributed by atoms with Gasteiger partial charge in [0.25, 0.3) is 10.0 Å². The molecule has 4 heteroatoms. The van der Waals surface area contributed by atoms with Crippen LogP contribution in [0.15, 0.2) is 72.3 Å². The van der Waals surface area contributed by atoms with Crippen molar-refractivity contribution in [1.82, 2.24) is 3.97 Å². The van der Waals surface area contributed by atoms with E-state index in [0.717, 1.165) is 41.3 Å². The van der Waals surface area contributed by atoms with E-state index in [9.17, 15) is 8.42 Å². The van der Waals surface area contributed by atoms with Gasteiger partial charge in [0.15, 0.2) is 0 Å². The van der Waals surface area contributed by atoms with Crippen molar-refractivity contribution in [3.63, 3.8) is 0 Å². The normalized spacial score (nSPS) is 11.7. The maximum absolute atomic E-state index is 13.0. The number of unbranched alkanes of at least 4 members (excludes halogenated alkanes) is 1. The van der Waals surface area contributed by atoms with Crippen molar-refractivity contribution in [1.29, 1.82) is 0 Å². The third kappa shape index (κ3) is 3.02. The Bertz CT molecular complexity index is 967. The van der Waals surface area contributed by atoms with Gasteiger partial charge in [0.1, 0.15) is 0 Å². The number of nitrogens with zero attached hydrogens (tertiary/aromatic N) is 1. The minimum absolute atomic E-state index is 0.312. The summed E-state index contributed by atoms with van der Waals surface area (Å²) in [6.45, 7) is 5.69. The number of fused-ring (bicyclic) bond motifs is 1. The Morgan fingerprint density at radius 3 is 2.50 bits per heavy atom. The predicted octanol–water partition coefficient (Wildman–Crippen LogP) is 4.70. The lowest BCUT2D eigenvalue weighted by Gasteiger charge is -2.07. The zero-order valence-corrected chi connectivity index (χ0v) is 14.6. The van der Waals surface area contributed by atoms with Crippen LogP contribution >= 0.6 is 0 Å². The van der Waals surface area contributed by atoms with Crippen LogP contribution in [-0.2, 0) is 16.4 Å². The SMILES string of the molecule is C=CCCCc1cn(S(=O)(=O)c2ccc(C)cc2)c2ccccc12. The van der Waals surface area contributed by atoms with Crippen molar-refractivity contribution in [3.05, 3.63) is 78.5 Å². The maximum atomic E-state index is 13.0. The fourth-order valence-electron chi connectivity index (χ4n) is 2.88. The number of aromatic nitrogens is 1. The molecule has 1 heterocycles. The van der Waals surface area contributed by atoms with Crippen molar-refractivity contribution < 1.29 is 8.42 Å². The van der Waals surface area contributed by atoms with E-state index in [-0.39, 0.29) is 0 Å². The van der Waals surface area contributed by atoms with Gasteiger partial charge in [0.05, 0.1) is 10.4 Å². The molecule has 0 saturated heterocycles. The van der Waals surface area contributed by atoms with Crippen LogP contribution in [0.25, 0.3) is 10.9 Å². The van der Waals surface area contributed by atoms with Gasteiger partial charge in [-0.1, -0.05) is 42.0 Å². The highest BCUT2D eigenvalue weighted by Crippen LogP contribution is 2.27. The van der Waals surface area contributed by atoms with E-state index in [1.54, 1.807) is 18.3 Å². The van der Waals surface area contributed by atoms with Crippen molar-refractivity contribution in [2.24, 2.45) is 0 Å². The molecule has 3 nitrogen and oxygen atoms in total. The molecule has 0 N–H and O–H groups in total. The molecule has 0 amide bonds. The lowest BCUT2D eigenvalue weighted by atomic mass is 10.1. The van der Waals surface area contributed by atoms with Gasteiger partial charge >= 0.3 is 0 Å². The number of allylic oxidation sites excluding steroid dienone is 1. The summed E-state index contributed by atoms with van der Waals surface area (Å²) in [5.74, 6) is 0. The van der Waals surface area contributed by atoms with Gasteiger partial charge < -0.3 is 0 Å². The van der Waals surface area contributed by atoms with Crippen LogP contribution in [0.1, 0.15) is 24.0 Å². The molecule has 24 heavy (non-hydrogen) atoms. The molecule has 0 unspecified atom stereocenters. The molecule has 0 aliphatic heterocycles. The van der Waals surface area contributed by atoms with Crippen LogP contribution in [0.2, 0.25) is 0 Å². The Morgan fingerprint density at radius 1 is 1.08 bits per heavy atom. The molecule has 0 fully saturated rings. The van der Waals surface area contributed by atoms with E-state index in [4.69, 9.17) is 0 Å². The Hall–Kier alpha value is -2.33. The average Bonchev–Trinajstić information content (AvgIpc) is 2.95. The van der Waals surface area contributed by atoms with Crippen molar-refractivity contribution in [2.75, 3.05) is 0 Å². The fourth-order valence-corrected chi connectivity index (χ4v) is 4.27. The first kappa shape index (κ1) is 16.5. The molecule has 0 saturated carbocycles. The van der Waals surface area contributed by atoms with Crippen molar-refractivity contribution in [2.45, 2.75) is 31.1 Å². The second kappa shape index (κ2) is 6.65. The summed E-state index contributed by atoms with van der Waals surface area (Å²) in [5, 5.41) is 0.997. The zero-order valence-electron chi connectivity index (χ0n) is 13.8. The van der Waals surface area contributed by atoms with E-state index < -0.39 is 10.0 Å². The number of hydrogen-bond donors (Lipinski definition) is 0. The van der Waals surface area contributed by atoms with E-state index in [1.165, 1.54) is 3.97 Å². The fraction of sp³-hybridized carbons (Fsp3) is 0.200. The third-order valence-electron chi connectivity index (χ3n) is 4.19. The topological polar surface area (TPSA) is 39.1 Å². The standard InChI is InChI=1S/C20H21NO2S/c1-3-4-5-8-17-15-21(20-10-7-6-9-19(17)20)24(22,23)18-13-11-16(2)12-14-18/h3,6-7,9-15H,1,4-5,8H2,2H3. The molecule has 0 spiro atoms. The zero-order chi connectivity index (χ0) is 17.2. The van der Waals surface area contributed by atoms with Crippen LogP contribution in [0.5, 0.6) is 0 Å². The lowest BCUT2D eigenvalue weighted by molar-refractivity contribution is 0.589. The molecule has 0 aliphatic carbocycles.